The van der Waals surface area contributed by atoms with E-state index in [1.165, 1.54) is 0 Å². The van der Waals surface area contributed by atoms with Crippen molar-refractivity contribution in [2.75, 3.05) is 65.8 Å². The smallest absolute Gasteiger partial charge is 0.314 e. The summed E-state index contributed by atoms with van der Waals surface area (Å²) in [5.41, 5.74) is 0. The van der Waals surface area contributed by atoms with E-state index in [0.717, 1.165) is 0 Å². The molecule has 0 saturated carbocycles. The number of nitrogens with zero attached hydrogens (tertiary/aromatic N) is 2. The Morgan fingerprint density at radius 1 is 0.773 bits per heavy atom. The summed E-state index contributed by atoms with van der Waals surface area (Å²) in [6.45, 7) is 5.91. The quantitative estimate of drug-likeness (QED) is 0.441. The summed E-state index contributed by atoms with van der Waals surface area (Å²) in [5, 5.41) is 6.51. The van der Waals surface area contributed by atoms with Crippen LogP contribution in [0.2, 0.25) is 0 Å². The van der Waals surface area contributed by atoms with Crippen molar-refractivity contribution < 1.29 is 28.0 Å². The largest absolute Gasteiger partial charge is 0.696 e. The van der Waals surface area contributed by atoms with Crippen LogP contribution in [0.25, 0.3) is 0 Å². The summed E-state index contributed by atoms with van der Waals surface area (Å²) in [4.78, 5) is 21.3. The molecule has 2 unspecified atom stereocenters. The van der Waals surface area contributed by atoms with E-state index in [1.54, 1.807) is 0 Å². The summed E-state index contributed by atoms with van der Waals surface area (Å²) < 4.78 is 30.6. The van der Waals surface area contributed by atoms with Crippen molar-refractivity contribution >= 4 is 16.5 Å². The van der Waals surface area contributed by atoms with E-state index < -0.39 is 16.5 Å². The topological polar surface area (TPSA) is 124 Å². The maximum atomic E-state index is 10.6. The van der Waals surface area contributed by atoms with Gasteiger partial charge in [-0.15, -0.1) is 18.8 Å². The second kappa shape index (κ2) is 12.3. The highest BCUT2D eigenvalue weighted by atomic mass is 31.1. The first-order valence-electron chi connectivity index (χ1n) is 7.02. The minimum absolute atomic E-state index is 0.124. The van der Waals surface area contributed by atoms with Crippen molar-refractivity contribution in [1.82, 2.24) is 20.4 Å². The minimum Gasteiger partial charge on any atom is -0.314 e. The van der Waals surface area contributed by atoms with Crippen LogP contribution in [-0.4, -0.2) is 85.4 Å². The van der Waals surface area contributed by atoms with Crippen molar-refractivity contribution in [3.8, 4) is 0 Å². The Labute approximate surface area is 131 Å². The zero-order valence-electron chi connectivity index (χ0n) is 12.4. The molecular formula is C10H24N4O6P2+2. The molecule has 0 aromatic heterocycles. The average molecular weight is 358 g/mol. The lowest BCUT2D eigenvalue weighted by atomic mass is 10.4. The molecule has 1 aliphatic heterocycles. The van der Waals surface area contributed by atoms with E-state index in [9.17, 15) is 9.13 Å². The van der Waals surface area contributed by atoms with Gasteiger partial charge < -0.3 is 10.6 Å². The Morgan fingerprint density at radius 3 is 1.36 bits per heavy atom. The molecule has 1 rings (SSSR count). The molecule has 0 amide bonds. The molecule has 128 valence electrons. The first-order chi connectivity index (χ1) is 10.6. The Balaban J connectivity index is 2.32. The fourth-order valence-corrected chi connectivity index (χ4v) is 2.47. The molecule has 1 fully saturated rings. The zero-order valence-corrected chi connectivity index (χ0v) is 14.2. The van der Waals surface area contributed by atoms with E-state index in [0.29, 0.717) is 52.4 Å². The summed E-state index contributed by atoms with van der Waals surface area (Å²) in [6, 6.07) is 0. The molecule has 1 aliphatic rings. The van der Waals surface area contributed by atoms with Crippen LogP contribution in [0, 0.1) is 0 Å². The summed E-state index contributed by atoms with van der Waals surface area (Å²) in [7, 11) is -5.15. The second-order valence-electron chi connectivity index (χ2n) is 4.73. The third-order valence-corrected chi connectivity index (χ3v) is 3.79. The highest BCUT2D eigenvalue weighted by Gasteiger charge is 2.17. The van der Waals surface area contributed by atoms with Crippen LogP contribution in [0.1, 0.15) is 0 Å². The Bertz CT molecular complexity index is 307. The van der Waals surface area contributed by atoms with Crippen LogP contribution in [0.15, 0.2) is 0 Å². The van der Waals surface area contributed by atoms with Gasteiger partial charge in [-0.1, -0.05) is 0 Å². The van der Waals surface area contributed by atoms with Crippen molar-refractivity contribution in [2.45, 2.75) is 0 Å². The van der Waals surface area contributed by atoms with E-state index >= 15 is 0 Å². The third kappa shape index (κ3) is 10.6. The lowest BCUT2D eigenvalue weighted by molar-refractivity contribution is 0.109. The van der Waals surface area contributed by atoms with E-state index in [4.69, 9.17) is 18.8 Å². The number of hydrogen-bond donors (Lipinski definition) is 4. The molecular weight excluding hydrogens is 334 g/mol. The second-order valence-corrected chi connectivity index (χ2v) is 6.20. The molecule has 1 saturated heterocycles. The zero-order chi connectivity index (χ0) is 16.2. The Hall–Kier alpha value is -0.120. The molecule has 22 heavy (non-hydrogen) atoms. The van der Waals surface area contributed by atoms with E-state index in [1.807, 2.05) is 9.80 Å². The first kappa shape index (κ1) is 19.9. The van der Waals surface area contributed by atoms with Gasteiger partial charge in [0.1, 0.15) is 0 Å². The van der Waals surface area contributed by atoms with Crippen LogP contribution in [0.4, 0.5) is 0 Å². The lowest BCUT2D eigenvalue weighted by Crippen LogP contribution is -2.43. The molecule has 0 aromatic carbocycles. The van der Waals surface area contributed by atoms with Crippen molar-refractivity contribution in [1.29, 1.82) is 0 Å². The molecule has 0 aromatic rings. The normalized spacial score (nSPS) is 21.7. The van der Waals surface area contributed by atoms with Gasteiger partial charge >= 0.3 is 16.5 Å². The van der Waals surface area contributed by atoms with Crippen molar-refractivity contribution in [3.63, 3.8) is 0 Å². The van der Waals surface area contributed by atoms with Gasteiger partial charge in [0, 0.05) is 61.5 Å². The summed E-state index contributed by atoms with van der Waals surface area (Å²) in [5.74, 6) is 0. The van der Waals surface area contributed by atoms with Crippen LogP contribution in [-0.2, 0) is 18.2 Å². The Kier molecular flexibility index (Phi) is 11.2. The first-order valence-corrected chi connectivity index (χ1v) is 9.28. The molecule has 0 radical (unpaired) electrons. The summed E-state index contributed by atoms with van der Waals surface area (Å²) in [6.07, 6.45) is 0. The van der Waals surface area contributed by atoms with Gasteiger partial charge in [-0.05, 0) is 0 Å². The highest BCUT2D eigenvalue weighted by Crippen LogP contribution is 2.15. The van der Waals surface area contributed by atoms with Gasteiger partial charge in [-0.2, -0.15) is 0 Å². The molecule has 2 atom stereocenters. The molecule has 1 heterocycles. The molecule has 0 spiro atoms. The minimum atomic E-state index is -2.58. The SMILES string of the molecule is O=[P+](O)OCN1CCNCCN(CO[P+](=O)O)CCNCC1. The van der Waals surface area contributed by atoms with Crippen LogP contribution in [0.3, 0.4) is 0 Å². The fraction of sp³-hybridized carbons (Fsp3) is 1.00. The highest BCUT2D eigenvalue weighted by molar-refractivity contribution is 7.32. The predicted molar refractivity (Wildman–Crippen MR) is 80.4 cm³/mol. The van der Waals surface area contributed by atoms with Gasteiger partial charge in [0.05, 0.1) is 0 Å². The fourth-order valence-electron chi connectivity index (χ4n) is 1.94. The summed E-state index contributed by atoms with van der Waals surface area (Å²) >= 11 is 0. The molecule has 0 aliphatic carbocycles. The average Bonchev–Trinajstić information content (AvgIpc) is 2.45. The molecule has 10 nitrogen and oxygen atoms in total. The number of hydrogen-bond acceptors (Lipinski definition) is 8. The van der Waals surface area contributed by atoms with Gasteiger partial charge in [-0.25, -0.2) is 0 Å². The van der Waals surface area contributed by atoms with Crippen LogP contribution >= 0.6 is 16.5 Å². The van der Waals surface area contributed by atoms with Gasteiger partial charge in [0.15, 0.2) is 13.5 Å². The maximum absolute atomic E-state index is 10.6. The number of nitrogens with one attached hydrogen (secondary N) is 2. The monoisotopic (exact) mass is 358 g/mol. The van der Waals surface area contributed by atoms with E-state index in [-0.39, 0.29) is 13.5 Å². The van der Waals surface area contributed by atoms with Gasteiger partial charge in [-0.3, -0.25) is 9.80 Å². The number of rotatable bonds is 6. The molecule has 12 heteroatoms. The van der Waals surface area contributed by atoms with Gasteiger partial charge in [0.2, 0.25) is 0 Å². The van der Waals surface area contributed by atoms with Crippen molar-refractivity contribution in [3.05, 3.63) is 0 Å². The van der Waals surface area contributed by atoms with Crippen LogP contribution < -0.4 is 10.6 Å². The van der Waals surface area contributed by atoms with Crippen molar-refractivity contribution in [2.24, 2.45) is 0 Å². The molecule has 4 N–H and O–H groups in total. The standard InChI is InChI=1S/C10H22N4O6P2/c15-21(16)19-9-13-5-1-11-2-6-14(10-20-22(17)18)8-4-12-3-7-13/h11-12H,1-10H2/p+2. The third-order valence-electron chi connectivity index (χ3n) is 3.12. The lowest BCUT2D eigenvalue weighted by Gasteiger charge is -2.24. The predicted octanol–water partition coefficient (Wildman–Crippen LogP) is -0.969. The molecule has 0 bridgehead atoms. The maximum Gasteiger partial charge on any atom is 0.696 e. The van der Waals surface area contributed by atoms with Crippen LogP contribution in [0.5, 0.6) is 0 Å². The van der Waals surface area contributed by atoms with Gasteiger partial charge in [0.25, 0.3) is 0 Å². The van der Waals surface area contributed by atoms with E-state index in [2.05, 4.69) is 10.6 Å². The Morgan fingerprint density at radius 2 is 1.09 bits per heavy atom.